The second-order valence-corrected chi connectivity index (χ2v) is 6.08. The van der Waals surface area contributed by atoms with E-state index in [4.69, 9.17) is 5.73 Å². The average Bonchev–Trinajstić information content (AvgIpc) is 3.24. The Morgan fingerprint density at radius 1 is 1.21 bits per heavy atom. The van der Waals surface area contributed by atoms with Gasteiger partial charge >= 0.3 is 0 Å². The molecule has 0 aliphatic carbocycles. The molecule has 3 aromatic rings. The minimum absolute atomic E-state index is 0.0273. The number of benzene rings is 2. The molecular weight excluding hydrogens is 302 g/mol. The number of anilines is 2. The molecule has 1 aromatic heterocycles. The zero-order valence-electron chi connectivity index (χ0n) is 13.2. The van der Waals surface area contributed by atoms with E-state index in [1.807, 2.05) is 42.5 Å². The molecule has 4 rings (SSSR count). The van der Waals surface area contributed by atoms with Crippen LogP contribution in [0.1, 0.15) is 12.8 Å². The Kier molecular flexibility index (Phi) is 3.66. The van der Waals surface area contributed by atoms with E-state index in [-0.39, 0.29) is 11.9 Å². The number of nitrogens with two attached hydrogens (primary N) is 1. The fraction of sp³-hybridized carbons (Fsp3) is 0.222. The van der Waals surface area contributed by atoms with Gasteiger partial charge in [0.2, 0.25) is 5.91 Å². The molecule has 6 nitrogen and oxygen atoms in total. The highest BCUT2D eigenvalue weighted by Crippen LogP contribution is 2.23. The third-order valence-corrected chi connectivity index (χ3v) is 4.31. The Morgan fingerprint density at radius 2 is 2.04 bits per heavy atom. The highest BCUT2D eigenvalue weighted by molar-refractivity contribution is 5.95. The first-order valence-corrected chi connectivity index (χ1v) is 8.09. The molecule has 2 aromatic carbocycles. The maximum Gasteiger partial charge on any atom is 0.241 e. The number of fused-ring (bicyclic) bond motifs is 1. The molecule has 1 aliphatic heterocycles. The summed E-state index contributed by atoms with van der Waals surface area (Å²) in [5.41, 5.74) is 10.0. The van der Waals surface area contributed by atoms with E-state index in [2.05, 4.69) is 20.6 Å². The van der Waals surface area contributed by atoms with Crippen molar-refractivity contribution in [2.24, 2.45) is 0 Å². The topological polar surface area (TPSA) is 95.8 Å². The molecule has 2 heterocycles. The monoisotopic (exact) mass is 321 g/mol. The second kappa shape index (κ2) is 5.98. The summed E-state index contributed by atoms with van der Waals surface area (Å²) in [6.45, 7) is 0.910. The zero-order valence-corrected chi connectivity index (χ0v) is 13.2. The first-order valence-electron chi connectivity index (χ1n) is 8.09. The Morgan fingerprint density at radius 3 is 2.79 bits per heavy atom. The Labute approximate surface area is 139 Å². The molecule has 5 N–H and O–H groups in total. The van der Waals surface area contributed by atoms with Crippen molar-refractivity contribution in [1.82, 2.24) is 15.3 Å². The summed E-state index contributed by atoms with van der Waals surface area (Å²) in [5.74, 6) is 0.811. The summed E-state index contributed by atoms with van der Waals surface area (Å²) in [7, 11) is 0. The number of carbonyl (C=O) groups excluding carboxylic acids is 1. The van der Waals surface area contributed by atoms with E-state index >= 15 is 0 Å². The van der Waals surface area contributed by atoms with Gasteiger partial charge in [0, 0.05) is 16.9 Å². The van der Waals surface area contributed by atoms with Crippen molar-refractivity contribution in [3.63, 3.8) is 0 Å². The quantitative estimate of drug-likeness (QED) is 0.557. The van der Waals surface area contributed by atoms with Crippen LogP contribution in [0.4, 0.5) is 11.4 Å². The number of rotatable bonds is 3. The highest BCUT2D eigenvalue weighted by atomic mass is 16.2. The number of nitrogen functional groups attached to an aromatic ring is 1. The molecule has 0 bridgehead atoms. The third kappa shape index (κ3) is 2.83. The summed E-state index contributed by atoms with van der Waals surface area (Å²) in [5, 5.41) is 6.14. The van der Waals surface area contributed by atoms with Crippen LogP contribution in [0.25, 0.3) is 22.4 Å². The number of amides is 1. The number of nitrogens with one attached hydrogen (secondary N) is 3. The maximum atomic E-state index is 12.1. The van der Waals surface area contributed by atoms with E-state index < -0.39 is 0 Å². The van der Waals surface area contributed by atoms with Gasteiger partial charge < -0.3 is 21.4 Å². The van der Waals surface area contributed by atoms with Crippen LogP contribution < -0.4 is 16.4 Å². The maximum absolute atomic E-state index is 12.1. The van der Waals surface area contributed by atoms with E-state index in [0.717, 1.165) is 47.5 Å². The SMILES string of the molecule is Nc1ccc2nc(-c3ccc(NC(=O)C4CCCN4)cc3)[nH]c2c1. The number of hydrogen-bond acceptors (Lipinski definition) is 4. The molecule has 0 saturated carbocycles. The zero-order chi connectivity index (χ0) is 16.5. The molecule has 1 fully saturated rings. The van der Waals surface area contributed by atoms with Gasteiger partial charge in [-0.1, -0.05) is 0 Å². The first kappa shape index (κ1) is 14.7. The van der Waals surface area contributed by atoms with Crippen molar-refractivity contribution in [2.75, 3.05) is 17.6 Å². The van der Waals surface area contributed by atoms with Gasteiger partial charge in [-0.05, 0) is 61.9 Å². The number of H-pyrrole nitrogens is 1. The summed E-state index contributed by atoms with van der Waals surface area (Å²) < 4.78 is 0. The lowest BCUT2D eigenvalue weighted by molar-refractivity contribution is -0.117. The highest BCUT2D eigenvalue weighted by Gasteiger charge is 2.21. The van der Waals surface area contributed by atoms with Crippen LogP contribution in [0.3, 0.4) is 0 Å². The predicted molar refractivity (Wildman–Crippen MR) is 95.6 cm³/mol. The first-order chi connectivity index (χ1) is 11.7. The van der Waals surface area contributed by atoms with E-state index in [0.29, 0.717) is 5.69 Å². The fourth-order valence-corrected chi connectivity index (χ4v) is 3.01. The number of aromatic amines is 1. The van der Waals surface area contributed by atoms with Crippen molar-refractivity contribution < 1.29 is 4.79 Å². The fourth-order valence-electron chi connectivity index (χ4n) is 3.01. The minimum Gasteiger partial charge on any atom is -0.399 e. The van der Waals surface area contributed by atoms with Gasteiger partial charge in [-0.25, -0.2) is 4.98 Å². The molecule has 1 saturated heterocycles. The minimum atomic E-state index is -0.0782. The smallest absolute Gasteiger partial charge is 0.241 e. The standard InChI is InChI=1S/C18H19N5O/c19-12-5-8-14-16(10-12)23-17(22-14)11-3-6-13(7-4-11)21-18(24)15-2-1-9-20-15/h3-8,10,15,20H,1-2,9,19H2,(H,21,24)(H,22,23). The Bertz CT molecular complexity index is 878. The van der Waals surface area contributed by atoms with Crippen LogP contribution in [-0.4, -0.2) is 28.5 Å². The molecule has 1 atom stereocenters. The van der Waals surface area contributed by atoms with Crippen molar-refractivity contribution in [3.05, 3.63) is 42.5 Å². The molecule has 24 heavy (non-hydrogen) atoms. The Hall–Kier alpha value is -2.86. The Balaban J connectivity index is 1.53. The van der Waals surface area contributed by atoms with Gasteiger partial charge in [-0.2, -0.15) is 0 Å². The van der Waals surface area contributed by atoms with Crippen molar-refractivity contribution in [1.29, 1.82) is 0 Å². The lowest BCUT2D eigenvalue weighted by atomic mass is 10.1. The van der Waals surface area contributed by atoms with Gasteiger partial charge in [0.1, 0.15) is 5.82 Å². The van der Waals surface area contributed by atoms with Crippen LogP contribution in [0.2, 0.25) is 0 Å². The molecule has 0 spiro atoms. The predicted octanol–water partition coefficient (Wildman–Crippen LogP) is 2.50. The lowest BCUT2D eigenvalue weighted by Crippen LogP contribution is -2.35. The van der Waals surface area contributed by atoms with Crippen molar-refractivity contribution in [2.45, 2.75) is 18.9 Å². The number of carbonyl (C=O) groups is 1. The average molecular weight is 321 g/mol. The summed E-state index contributed by atoms with van der Waals surface area (Å²) in [6.07, 6.45) is 1.94. The number of hydrogen-bond donors (Lipinski definition) is 4. The number of imidazole rings is 1. The van der Waals surface area contributed by atoms with Crippen molar-refractivity contribution >= 4 is 28.3 Å². The molecule has 1 amide bonds. The number of nitrogens with zero attached hydrogens (tertiary/aromatic N) is 1. The normalized spacial score (nSPS) is 17.2. The van der Waals surface area contributed by atoms with Crippen LogP contribution in [0.5, 0.6) is 0 Å². The second-order valence-electron chi connectivity index (χ2n) is 6.08. The summed E-state index contributed by atoms with van der Waals surface area (Å²) in [6, 6.07) is 13.2. The van der Waals surface area contributed by atoms with Crippen LogP contribution in [0.15, 0.2) is 42.5 Å². The molecule has 1 unspecified atom stereocenters. The van der Waals surface area contributed by atoms with Gasteiger partial charge in [0.25, 0.3) is 0 Å². The third-order valence-electron chi connectivity index (χ3n) is 4.31. The molecular formula is C18H19N5O. The number of aromatic nitrogens is 2. The lowest BCUT2D eigenvalue weighted by Gasteiger charge is -2.11. The van der Waals surface area contributed by atoms with Crippen LogP contribution >= 0.6 is 0 Å². The van der Waals surface area contributed by atoms with Crippen LogP contribution in [-0.2, 0) is 4.79 Å². The molecule has 6 heteroatoms. The van der Waals surface area contributed by atoms with Gasteiger partial charge in [0.15, 0.2) is 0 Å². The summed E-state index contributed by atoms with van der Waals surface area (Å²) in [4.78, 5) is 20.0. The molecule has 122 valence electrons. The van der Waals surface area contributed by atoms with Gasteiger partial charge in [-0.3, -0.25) is 4.79 Å². The van der Waals surface area contributed by atoms with Crippen molar-refractivity contribution in [3.8, 4) is 11.4 Å². The van der Waals surface area contributed by atoms with Gasteiger partial charge in [-0.15, -0.1) is 0 Å². The van der Waals surface area contributed by atoms with E-state index in [1.54, 1.807) is 0 Å². The van der Waals surface area contributed by atoms with E-state index in [1.165, 1.54) is 0 Å². The van der Waals surface area contributed by atoms with Gasteiger partial charge in [0.05, 0.1) is 17.1 Å². The largest absolute Gasteiger partial charge is 0.399 e. The molecule has 1 aliphatic rings. The molecule has 0 radical (unpaired) electrons. The summed E-state index contributed by atoms with van der Waals surface area (Å²) >= 11 is 0. The van der Waals surface area contributed by atoms with E-state index in [9.17, 15) is 4.79 Å². The van der Waals surface area contributed by atoms with Crippen LogP contribution in [0, 0.1) is 0 Å².